The Kier molecular flexibility index (Phi) is 7.27. The van der Waals surface area contributed by atoms with Gasteiger partial charge in [-0.3, -0.25) is 4.79 Å². The van der Waals surface area contributed by atoms with Crippen LogP contribution in [0.15, 0.2) is 53.7 Å². The molecule has 3 rings (SSSR count). The number of aromatic nitrogens is 3. The molecule has 1 heterocycles. The maximum Gasteiger partial charge on any atom is 0.237 e. The van der Waals surface area contributed by atoms with E-state index >= 15 is 0 Å². The van der Waals surface area contributed by atoms with Crippen LogP contribution in [0.3, 0.4) is 0 Å². The van der Waals surface area contributed by atoms with E-state index in [1.54, 1.807) is 32.0 Å². The molecule has 31 heavy (non-hydrogen) atoms. The van der Waals surface area contributed by atoms with Gasteiger partial charge in [-0.25, -0.2) is 8.78 Å². The highest BCUT2D eigenvalue weighted by Crippen LogP contribution is 2.30. The van der Waals surface area contributed by atoms with Crippen LogP contribution in [0.4, 0.5) is 14.5 Å². The molecule has 0 radical (unpaired) electrons. The van der Waals surface area contributed by atoms with Crippen LogP contribution in [0.5, 0.6) is 5.75 Å². The lowest BCUT2D eigenvalue weighted by molar-refractivity contribution is -0.115. The van der Waals surface area contributed by atoms with Crippen molar-refractivity contribution in [3.63, 3.8) is 0 Å². The van der Waals surface area contributed by atoms with Crippen LogP contribution in [-0.4, -0.2) is 25.9 Å². The third-order valence-electron chi connectivity index (χ3n) is 4.47. The molecule has 164 valence electrons. The number of ether oxygens (including phenoxy) is 1. The first-order valence-electron chi connectivity index (χ1n) is 9.85. The molecule has 2 atom stereocenters. The van der Waals surface area contributed by atoms with Crippen LogP contribution in [0.2, 0.25) is 0 Å². The summed E-state index contributed by atoms with van der Waals surface area (Å²) in [6.07, 6.45) is -0.551. The van der Waals surface area contributed by atoms with Crippen LogP contribution in [0.1, 0.15) is 45.7 Å². The number of para-hydroxylation sites is 1. The van der Waals surface area contributed by atoms with E-state index in [1.165, 1.54) is 42.1 Å². The summed E-state index contributed by atoms with van der Waals surface area (Å²) in [5, 5.41) is 11.3. The highest BCUT2D eigenvalue weighted by Gasteiger charge is 2.25. The second-order valence-corrected chi connectivity index (χ2v) is 8.56. The van der Waals surface area contributed by atoms with E-state index in [0.717, 1.165) is 0 Å². The number of nitrogens with one attached hydrogen (secondary N) is 1. The molecule has 0 bridgehead atoms. The van der Waals surface area contributed by atoms with Gasteiger partial charge in [0.15, 0.2) is 28.7 Å². The number of carbonyl (C=O) groups is 1. The average molecular weight is 447 g/mol. The quantitative estimate of drug-likeness (QED) is 0.470. The zero-order chi connectivity index (χ0) is 22.5. The van der Waals surface area contributed by atoms with Crippen molar-refractivity contribution < 1.29 is 18.3 Å². The molecule has 2 aromatic carbocycles. The second-order valence-electron chi connectivity index (χ2n) is 7.25. The second kappa shape index (κ2) is 9.91. The van der Waals surface area contributed by atoms with Crippen LogP contribution in [0.25, 0.3) is 0 Å². The summed E-state index contributed by atoms with van der Waals surface area (Å²) < 4.78 is 34.6. The molecular formula is C22H24F2N4O2S. The molecule has 0 aliphatic rings. The zero-order valence-electron chi connectivity index (χ0n) is 17.7. The van der Waals surface area contributed by atoms with E-state index in [1.807, 2.05) is 18.4 Å². The third kappa shape index (κ3) is 5.61. The lowest BCUT2D eigenvalue weighted by Gasteiger charge is -2.20. The number of rotatable bonds is 8. The van der Waals surface area contributed by atoms with Crippen molar-refractivity contribution in [3.05, 3.63) is 66.0 Å². The topological polar surface area (TPSA) is 69.0 Å². The summed E-state index contributed by atoms with van der Waals surface area (Å²) in [7, 11) is 0. The summed E-state index contributed by atoms with van der Waals surface area (Å²) in [4.78, 5) is 12.6. The Morgan fingerprint density at radius 2 is 1.71 bits per heavy atom. The van der Waals surface area contributed by atoms with Crippen LogP contribution >= 0.6 is 11.8 Å². The summed E-state index contributed by atoms with van der Waals surface area (Å²) in [6, 6.07) is 11.7. The molecule has 0 spiro atoms. The zero-order valence-corrected chi connectivity index (χ0v) is 18.5. The highest BCUT2D eigenvalue weighted by molar-refractivity contribution is 8.00. The predicted molar refractivity (Wildman–Crippen MR) is 116 cm³/mol. The van der Waals surface area contributed by atoms with E-state index in [0.29, 0.717) is 16.7 Å². The van der Waals surface area contributed by atoms with Crippen molar-refractivity contribution in [2.75, 3.05) is 5.32 Å². The van der Waals surface area contributed by atoms with Gasteiger partial charge in [0.1, 0.15) is 5.82 Å². The molecule has 6 nitrogen and oxygen atoms in total. The Labute approximate surface area is 184 Å². The summed E-state index contributed by atoms with van der Waals surface area (Å²) >= 11 is 1.25. The number of thioether (sulfide) groups is 1. The number of benzene rings is 2. The van der Waals surface area contributed by atoms with Crippen molar-refractivity contribution in [1.29, 1.82) is 0 Å². The molecule has 0 fully saturated rings. The number of hydrogen-bond acceptors (Lipinski definition) is 5. The van der Waals surface area contributed by atoms with Gasteiger partial charge in [0.25, 0.3) is 0 Å². The standard InChI is InChI=1S/C22H24F2N4O2S/c1-13(2)28-20(14(3)30-19-8-6-5-7-18(19)24)26-27-22(28)31-15(4)21(29)25-17-11-9-16(23)10-12-17/h5-15H,1-4H3,(H,25,29). The molecule has 9 heteroatoms. The van der Waals surface area contributed by atoms with Crippen LogP contribution in [-0.2, 0) is 4.79 Å². The number of nitrogens with zero attached hydrogens (tertiary/aromatic N) is 3. The predicted octanol–water partition coefficient (Wildman–Crippen LogP) is 5.40. The fourth-order valence-corrected chi connectivity index (χ4v) is 3.89. The van der Waals surface area contributed by atoms with Crippen molar-refractivity contribution >= 4 is 23.4 Å². The normalized spacial score (nSPS) is 13.1. The van der Waals surface area contributed by atoms with Crippen LogP contribution < -0.4 is 10.1 Å². The van der Waals surface area contributed by atoms with Gasteiger partial charge in [-0.05, 0) is 64.1 Å². The fourth-order valence-electron chi connectivity index (χ4n) is 2.90. The van der Waals surface area contributed by atoms with E-state index < -0.39 is 17.2 Å². The Morgan fingerprint density at radius 3 is 2.35 bits per heavy atom. The summed E-state index contributed by atoms with van der Waals surface area (Å²) in [6.45, 7) is 7.46. The van der Waals surface area contributed by atoms with Gasteiger partial charge < -0.3 is 14.6 Å². The number of halogens is 2. The van der Waals surface area contributed by atoms with Gasteiger partial charge >= 0.3 is 0 Å². The average Bonchev–Trinajstić information content (AvgIpc) is 3.15. The van der Waals surface area contributed by atoms with Crippen molar-refractivity contribution in [1.82, 2.24) is 14.8 Å². The largest absolute Gasteiger partial charge is 0.480 e. The Hall–Kier alpha value is -2.94. The lowest BCUT2D eigenvalue weighted by atomic mass is 10.3. The minimum absolute atomic E-state index is 0.00784. The van der Waals surface area contributed by atoms with Crippen LogP contribution in [0, 0.1) is 11.6 Å². The number of hydrogen-bond donors (Lipinski definition) is 1. The van der Waals surface area contributed by atoms with E-state index in [2.05, 4.69) is 15.5 Å². The SMILES string of the molecule is CC(Sc1nnc(C(C)Oc2ccccc2F)n1C(C)C)C(=O)Nc1ccc(F)cc1. The number of anilines is 1. The highest BCUT2D eigenvalue weighted by atomic mass is 32.2. The molecule has 0 aliphatic carbocycles. The molecule has 1 aromatic heterocycles. The first kappa shape index (κ1) is 22.7. The fraction of sp³-hybridized carbons (Fsp3) is 0.318. The maximum absolute atomic E-state index is 14.0. The molecule has 1 N–H and O–H groups in total. The van der Waals surface area contributed by atoms with Gasteiger partial charge in [0.2, 0.25) is 5.91 Å². The minimum atomic E-state index is -0.551. The van der Waals surface area contributed by atoms with Gasteiger partial charge in [-0.2, -0.15) is 0 Å². The Balaban J connectivity index is 1.74. The molecular weight excluding hydrogens is 422 g/mol. The monoisotopic (exact) mass is 446 g/mol. The lowest BCUT2D eigenvalue weighted by Crippen LogP contribution is -2.23. The number of carbonyl (C=O) groups excluding carboxylic acids is 1. The maximum atomic E-state index is 14.0. The van der Waals surface area contributed by atoms with E-state index in [-0.39, 0.29) is 23.5 Å². The minimum Gasteiger partial charge on any atom is -0.480 e. The molecule has 1 amide bonds. The van der Waals surface area contributed by atoms with E-state index in [9.17, 15) is 13.6 Å². The van der Waals surface area contributed by atoms with Crippen molar-refractivity contribution in [3.8, 4) is 5.75 Å². The summed E-state index contributed by atoms with van der Waals surface area (Å²) in [5.74, 6) is -0.399. The smallest absolute Gasteiger partial charge is 0.237 e. The molecule has 0 saturated carbocycles. The van der Waals surface area contributed by atoms with Gasteiger partial charge in [-0.15, -0.1) is 10.2 Å². The van der Waals surface area contributed by atoms with Gasteiger partial charge in [-0.1, -0.05) is 23.9 Å². The summed E-state index contributed by atoms with van der Waals surface area (Å²) in [5.41, 5.74) is 0.511. The van der Waals surface area contributed by atoms with Crippen molar-refractivity contribution in [2.45, 2.75) is 50.2 Å². The van der Waals surface area contributed by atoms with E-state index in [4.69, 9.17) is 4.74 Å². The molecule has 0 saturated heterocycles. The molecule has 3 aromatic rings. The third-order valence-corrected chi connectivity index (χ3v) is 5.53. The Bertz CT molecular complexity index is 1040. The van der Waals surface area contributed by atoms with Gasteiger partial charge in [0.05, 0.1) is 5.25 Å². The van der Waals surface area contributed by atoms with Crippen molar-refractivity contribution in [2.24, 2.45) is 0 Å². The molecule has 0 aliphatic heterocycles. The van der Waals surface area contributed by atoms with Gasteiger partial charge in [0, 0.05) is 11.7 Å². The molecule has 2 unspecified atom stereocenters. The Morgan fingerprint density at radius 1 is 1.03 bits per heavy atom. The first-order valence-corrected chi connectivity index (χ1v) is 10.7. The first-order chi connectivity index (χ1) is 14.8. The number of amides is 1.